The largest absolute Gasteiger partial charge is 0.291 e. The summed E-state index contributed by atoms with van der Waals surface area (Å²) in [5.74, 6) is 0. The van der Waals surface area contributed by atoms with Crippen molar-refractivity contribution in [2.45, 2.75) is 12.8 Å². The third-order valence-corrected chi connectivity index (χ3v) is 1.64. The Hall–Kier alpha value is -2.10. The van der Waals surface area contributed by atoms with Gasteiger partial charge in [-0.05, 0) is 6.07 Å². The van der Waals surface area contributed by atoms with Crippen LogP contribution < -0.4 is 0 Å². The van der Waals surface area contributed by atoms with Gasteiger partial charge in [-0.15, -0.1) is 0 Å². The maximum atomic E-state index is 12.2. The number of alkyl halides is 2. The first-order chi connectivity index (χ1) is 7.06. The van der Waals surface area contributed by atoms with Crippen molar-refractivity contribution in [3.63, 3.8) is 0 Å². The van der Waals surface area contributed by atoms with Gasteiger partial charge in [0.05, 0.1) is 17.4 Å². The van der Waals surface area contributed by atoms with E-state index >= 15 is 0 Å². The molecule has 0 aromatic carbocycles. The molecule has 0 aliphatic carbocycles. The summed E-state index contributed by atoms with van der Waals surface area (Å²) in [6.45, 7) is 0. The lowest BCUT2D eigenvalue weighted by molar-refractivity contribution is -0.385. The van der Waals surface area contributed by atoms with E-state index in [2.05, 4.69) is 4.98 Å². The lowest BCUT2D eigenvalue weighted by atomic mass is 10.2. The van der Waals surface area contributed by atoms with E-state index in [9.17, 15) is 18.9 Å². The molecule has 0 saturated heterocycles. The van der Waals surface area contributed by atoms with Crippen LogP contribution in [0.1, 0.15) is 17.8 Å². The van der Waals surface area contributed by atoms with Gasteiger partial charge < -0.3 is 0 Å². The smallest absolute Gasteiger partial charge is 0.258 e. The van der Waals surface area contributed by atoms with Crippen LogP contribution in [0.4, 0.5) is 14.5 Å². The second-order valence-corrected chi connectivity index (χ2v) is 2.59. The van der Waals surface area contributed by atoms with Gasteiger partial charge in [-0.3, -0.25) is 10.1 Å². The fourth-order valence-corrected chi connectivity index (χ4v) is 1.00. The van der Waals surface area contributed by atoms with Crippen molar-refractivity contribution in [3.05, 3.63) is 33.6 Å². The van der Waals surface area contributed by atoms with Crippen molar-refractivity contribution in [1.29, 1.82) is 5.26 Å². The summed E-state index contributed by atoms with van der Waals surface area (Å²) in [4.78, 5) is 13.1. The van der Waals surface area contributed by atoms with Gasteiger partial charge in [0.25, 0.3) is 12.1 Å². The number of hydrogen-bond acceptors (Lipinski definition) is 4. The average molecular weight is 213 g/mol. The van der Waals surface area contributed by atoms with Crippen LogP contribution in [-0.4, -0.2) is 9.91 Å². The minimum absolute atomic E-state index is 0.236. The third kappa shape index (κ3) is 2.43. The molecule has 5 nitrogen and oxygen atoms in total. The molecule has 0 aliphatic heterocycles. The molecule has 7 heteroatoms. The van der Waals surface area contributed by atoms with Crippen molar-refractivity contribution in [2.24, 2.45) is 0 Å². The standard InChI is InChI=1S/C8H5F2N3O2/c9-8(10)6-1-2-7(13(14)15)5(12-6)3-4-11/h1-2,8H,3H2. The van der Waals surface area contributed by atoms with Gasteiger partial charge in [-0.2, -0.15) is 5.26 Å². The molecular formula is C8H5F2N3O2. The highest BCUT2D eigenvalue weighted by atomic mass is 19.3. The summed E-state index contributed by atoms with van der Waals surface area (Å²) in [5.41, 5.74) is -1.22. The molecule has 1 aromatic heterocycles. The number of pyridine rings is 1. The summed E-state index contributed by atoms with van der Waals surface area (Å²) in [6, 6.07) is 3.44. The Morgan fingerprint density at radius 2 is 2.27 bits per heavy atom. The number of hydrogen-bond donors (Lipinski definition) is 0. The maximum absolute atomic E-state index is 12.2. The maximum Gasteiger partial charge on any atom is 0.291 e. The van der Waals surface area contributed by atoms with Crippen LogP contribution >= 0.6 is 0 Å². The molecule has 0 aliphatic rings. The molecule has 0 fully saturated rings. The molecule has 0 unspecified atom stereocenters. The first-order valence-corrected chi connectivity index (χ1v) is 3.85. The van der Waals surface area contributed by atoms with Crippen molar-refractivity contribution in [2.75, 3.05) is 0 Å². The van der Waals surface area contributed by atoms with Crippen molar-refractivity contribution < 1.29 is 13.7 Å². The van der Waals surface area contributed by atoms with E-state index < -0.39 is 22.7 Å². The Kier molecular flexibility index (Phi) is 3.23. The molecule has 0 saturated carbocycles. The molecule has 1 rings (SSSR count). The van der Waals surface area contributed by atoms with E-state index in [0.29, 0.717) is 0 Å². The number of rotatable bonds is 3. The molecular weight excluding hydrogens is 208 g/mol. The molecule has 1 heterocycles. The lowest BCUT2D eigenvalue weighted by Gasteiger charge is -2.01. The van der Waals surface area contributed by atoms with Crippen LogP contribution in [0, 0.1) is 21.4 Å². The third-order valence-electron chi connectivity index (χ3n) is 1.64. The van der Waals surface area contributed by atoms with E-state index in [4.69, 9.17) is 5.26 Å². The summed E-state index contributed by atoms with van der Waals surface area (Å²) < 4.78 is 24.4. The van der Waals surface area contributed by atoms with Gasteiger partial charge in [-0.25, -0.2) is 13.8 Å². The normalized spacial score (nSPS) is 10.0. The zero-order chi connectivity index (χ0) is 11.4. The summed E-state index contributed by atoms with van der Waals surface area (Å²) in [7, 11) is 0. The Morgan fingerprint density at radius 3 is 2.73 bits per heavy atom. The number of aromatic nitrogens is 1. The van der Waals surface area contributed by atoms with Gasteiger partial charge in [-0.1, -0.05) is 0 Å². The molecule has 0 bridgehead atoms. The van der Waals surface area contributed by atoms with E-state index in [1.54, 1.807) is 6.07 Å². The van der Waals surface area contributed by atoms with Gasteiger partial charge in [0.15, 0.2) is 0 Å². The molecule has 0 atom stereocenters. The summed E-state index contributed by atoms with van der Waals surface area (Å²) >= 11 is 0. The van der Waals surface area contributed by atoms with E-state index in [-0.39, 0.29) is 12.1 Å². The van der Waals surface area contributed by atoms with Gasteiger partial charge in [0.1, 0.15) is 11.4 Å². The predicted octanol–water partition coefficient (Wildman–Crippen LogP) is 1.99. The first kappa shape index (κ1) is 11.0. The highest BCUT2D eigenvalue weighted by Crippen LogP contribution is 2.22. The van der Waals surface area contributed by atoms with Crippen LogP contribution in [0.15, 0.2) is 12.1 Å². The number of nitrogens with zero attached hydrogens (tertiary/aromatic N) is 3. The summed E-state index contributed by atoms with van der Waals surface area (Å²) in [6.07, 6.45) is -3.17. The Bertz CT molecular complexity index is 428. The molecule has 0 amide bonds. The minimum atomic E-state index is -2.80. The van der Waals surface area contributed by atoms with Crippen LogP contribution in [0.2, 0.25) is 0 Å². The van der Waals surface area contributed by atoms with E-state index in [0.717, 1.165) is 12.1 Å². The SMILES string of the molecule is N#CCc1nc(C(F)F)ccc1[N+](=O)[O-]. The van der Waals surface area contributed by atoms with Gasteiger partial charge >= 0.3 is 0 Å². The molecule has 0 N–H and O–H groups in total. The zero-order valence-corrected chi connectivity index (χ0v) is 7.35. The quantitative estimate of drug-likeness (QED) is 0.568. The highest BCUT2D eigenvalue weighted by Gasteiger charge is 2.18. The number of nitriles is 1. The second-order valence-electron chi connectivity index (χ2n) is 2.59. The average Bonchev–Trinajstić information content (AvgIpc) is 2.17. The molecule has 78 valence electrons. The molecule has 1 aromatic rings. The fraction of sp³-hybridized carbons (Fsp3) is 0.250. The number of halogens is 2. The van der Waals surface area contributed by atoms with Crippen LogP contribution in [0.5, 0.6) is 0 Å². The monoisotopic (exact) mass is 213 g/mol. The first-order valence-electron chi connectivity index (χ1n) is 3.85. The van der Waals surface area contributed by atoms with E-state index in [1.807, 2.05) is 0 Å². The van der Waals surface area contributed by atoms with Crippen molar-refractivity contribution >= 4 is 5.69 Å². The minimum Gasteiger partial charge on any atom is -0.258 e. The second kappa shape index (κ2) is 4.41. The molecule has 0 spiro atoms. The predicted molar refractivity (Wildman–Crippen MR) is 45.2 cm³/mol. The Labute approximate surface area is 83.1 Å². The molecule has 15 heavy (non-hydrogen) atoms. The highest BCUT2D eigenvalue weighted by molar-refractivity contribution is 5.38. The fourth-order valence-electron chi connectivity index (χ4n) is 1.00. The Morgan fingerprint density at radius 1 is 1.60 bits per heavy atom. The molecule has 0 radical (unpaired) electrons. The van der Waals surface area contributed by atoms with E-state index in [1.165, 1.54) is 0 Å². The zero-order valence-electron chi connectivity index (χ0n) is 7.35. The van der Waals surface area contributed by atoms with Gasteiger partial charge in [0, 0.05) is 6.07 Å². The number of nitro groups is 1. The van der Waals surface area contributed by atoms with Gasteiger partial charge in [0.2, 0.25) is 0 Å². The topological polar surface area (TPSA) is 79.8 Å². The summed E-state index contributed by atoms with van der Waals surface area (Å²) in [5, 5.41) is 18.8. The lowest BCUT2D eigenvalue weighted by Crippen LogP contribution is -2.01. The Balaban J connectivity index is 3.21. The van der Waals surface area contributed by atoms with Crippen LogP contribution in [0.25, 0.3) is 0 Å². The van der Waals surface area contributed by atoms with Crippen molar-refractivity contribution in [3.8, 4) is 6.07 Å². The van der Waals surface area contributed by atoms with Crippen molar-refractivity contribution in [1.82, 2.24) is 4.98 Å². The van der Waals surface area contributed by atoms with Crippen LogP contribution in [-0.2, 0) is 6.42 Å². The van der Waals surface area contributed by atoms with Crippen LogP contribution in [0.3, 0.4) is 0 Å².